The van der Waals surface area contributed by atoms with Crippen LogP contribution in [0.1, 0.15) is 24.9 Å². The van der Waals surface area contributed by atoms with Crippen molar-refractivity contribution in [3.63, 3.8) is 0 Å². The highest BCUT2D eigenvalue weighted by Gasteiger charge is 2.34. The Hall–Kier alpha value is -1.37. The van der Waals surface area contributed by atoms with Crippen LogP contribution in [-0.2, 0) is 22.5 Å². The maximum absolute atomic E-state index is 12.0. The quantitative estimate of drug-likeness (QED) is 0.805. The Morgan fingerprint density at radius 3 is 2.72 bits per heavy atom. The molecule has 2 saturated heterocycles. The molecule has 0 radical (unpaired) electrons. The van der Waals surface area contributed by atoms with Crippen LogP contribution in [0.3, 0.4) is 0 Å². The van der Waals surface area contributed by atoms with E-state index in [-0.39, 0.29) is 12.0 Å². The van der Waals surface area contributed by atoms with E-state index >= 15 is 0 Å². The van der Waals surface area contributed by atoms with E-state index in [0.717, 1.165) is 57.1 Å². The molecule has 1 aromatic rings. The van der Waals surface area contributed by atoms with Gasteiger partial charge in [-0.15, -0.1) is 0 Å². The number of hydrogen-bond donors (Lipinski definition) is 0. The van der Waals surface area contributed by atoms with Crippen molar-refractivity contribution in [3.8, 4) is 0 Å². The Kier molecular flexibility index (Phi) is 6.15. The number of nitrogens with zero attached hydrogens (tertiary/aromatic N) is 3. The molecule has 6 nitrogen and oxygen atoms in total. The number of aryl methyl sites for hydroxylation is 1. The maximum Gasteiger partial charge on any atom is 0.236 e. The minimum atomic E-state index is 0.167. The van der Waals surface area contributed by atoms with E-state index in [1.54, 1.807) is 4.90 Å². The predicted octanol–water partition coefficient (Wildman–Crippen LogP) is 1.45. The topological polar surface area (TPSA) is 49.2 Å². The lowest BCUT2D eigenvalue weighted by Gasteiger charge is -2.37. The van der Waals surface area contributed by atoms with E-state index < -0.39 is 0 Å². The van der Waals surface area contributed by atoms with Gasteiger partial charge in [-0.25, -0.2) is 0 Å². The van der Waals surface area contributed by atoms with Crippen molar-refractivity contribution in [1.82, 2.24) is 14.7 Å². The largest absolute Gasteiger partial charge is 0.465 e. The third kappa shape index (κ3) is 4.84. The van der Waals surface area contributed by atoms with Gasteiger partial charge >= 0.3 is 0 Å². The molecule has 0 bridgehead atoms. The molecule has 140 valence electrons. The normalized spacial score (nSPS) is 25.4. The summed E-state index contributed by atoms with van der Waals surface area (Å²) in [4.78, 5) is 18.3. The monoisotopic (exact) mass is 349 g/mol. The van der Waals surface area contributed by atoms with Crippen LogP contribution >= 0.6 is 0 Å². The zero-order valence-corrected chi connectivity index (χ0v) is 15.7. The molecule has 2 aliphatic heterocycles. The predicted molar refractivity (Wildman–Crippen MR) is 96.3 cm³/mol. The average Bonchev–Trinajstić information content (AvgIpc) is 2.94. The van der Waals surface area contributed by atoms with E-state index in [1.165, 1.54) is 0 Å². The van der Waals surface area contributed by atoms with Crippen LogP contribution in [0.25, 0.3) is 0 Å². The molecule has 0 unspecified atom stereocenters. The third-order valence-corrected chi connectivity index (χ3v) is 5.32. The van der Waals surface area contributed by atoms with E-state index in [0.29, 0.717) is 19.1 Å². The number of piperidine rings is 1. The number of rotatable bonds is 5. The molecule has 2 atom stereocenters. The number of carbonyl (C=O) groups excluding carboxylic acids is 1. The minimum absolute atomic E-state index is 0.167. The number of likely N-dealkylation sites (N-methyl/N-ethyl adjacent to an activating group) is 1. The van der Waals surface area contributed by atoms with Gasteiger partial charge in [0.25, 0.3) is 0 Å². The summed E-state index contributed by atoms with van der Waals surface area (Å²) in [5, 5.41) is 0. The van der Waals surface area contributed by atoms with Gasteiger partial charge in [0.15, 0.2) is 0 Å². The molecule has 0 N–H and O–H groups in total. The Morgan fingerprint density at radius 1 is 1.20 bits per heavy atom. The first kappa shape index (κ1) is 18.4. The highest BCUT2D eigenvalue weighted by molar-refractivity contribution is 5.77. The van der Waals surface area contributed by atoms with Crippen LogP contribution in [0, 0.1) is 5.92 Å². The van der Waals surface area contributed by atoms with Gasteiger partial charge in [-0.3, -0.25) is 14.6 Å². The molecule has 0 spiro atoms. The fourth-order valence-electron chi connectivity index (χ4n) is 3.72. The Labute approximate surface area is 150 Å². The third-order valence-electron chi connectivity index (χ3n) is 5.32. The van der Waals surface area contributed by atoms with Crippen LogP contribution < -0.4 is 0 Å². The molecule has 0 aromatic carbocycles. The molecule has 2 fully saturated rings. The highest BCUT2D eigenvalue weighted by Crippen LogP contribution is 2.25. The molecule has 25 heavy (non-hydrogen) atoms. The van der Waals surface area contributed by atoms with E-state index in [9.17, 15) is 4.79 Å². The molecular weight excluding hydrogens is 318 g/mol. The van der Waals surface area contributed by atoms with Crippen molar-refractivity contribution >= 4 is 5.91 Å². The van der Waals surface area contributed by atoms with Crippen molar-refractivity contribution in [2.24, 2.45) is 5.92 Å². The second-order valence-electron chi connectivity index (χ2n) is 7.44. The van der Waals surface area contributed by atoms with Gasteiger partial charge in [-0.1, -0.05) is 6.92 Å². The molecule has 0 saturated carbocycles. The number of ether oxygens (including phenoxy) is 1. The SMILES string of the molecule is CCc1ccc(CN2CC[C@H]3CN(CC(=O)N(C)C)CCO[C@H]3C2)o1. The molecular formula is C19H31N3O3. The number of likely N-dealkylation sites (tertiary alicyclic amines) is 1. The Bertz CT molecular complexity index is 572. The fourth-order valence-corrected chi connectivity index (χ4v) is 3.72. The second-order valence-corrected chi connectivity index (χ2v) is 7.44. The van der Waals surface area contributed by atoms with Crippen molar-refractivity contribution in [2.45, 2.75) is 32.4 Å². The van der Waals surface area contributed by atoms with Gasteiger partial charge in [0.05, 0.1) is 25.8 Å². The first-order valence-electron chi connectivity index (χ1n) is 9.39. The van der Waals surface area contributed by atoms with Gasteiger partial charge in [0, 0.05) is 46.1 Å². The summed E-state index contributed by atoms with van der Waals surface area (Å²) in [7, 11) is 3.63. The smallest absolute Gasteiger partial charge is 0.236 e. The lowest BCUT2D eigenvalue weighted by molar-refractivity contribution is -0.130. The summed E-state index contributed by atoms with van der Waals surface area (Å²) in [5.41, 5.74) is 0. The van der Waals surface area contributed by atoms with Crippen LogP contribution in [-0.4, -0.2) is 80.1 Å². The molecule has 6 heteroatoms. The Morgan fingerprint density at radius 2 is 2.00 bits per heavy atom. The number of carbonyl (C=O) groups is 1. The summed E-state index contributed by atoms with van der Waals surface area (Å²) < 4.78 is 12.0. The van der Waals surface area contributed by atoms with Gasteiger partial charge in [0.2, 0.25) is 5.91 Å². The standard InChI is InChI=1S/C19H31N3O3/c1-4-16-5-6-17(25-16)12-21-8-7-15-11-22(14-19(23)20(2)3)9-10-24-18(15)13-21/h5-6,15,18H,4,7-14H2,1-3H3/t15-,18-/m0/s1. The van der Waals surface area contributed by atoms with E-state index in [4.69, 9.17) is 9.15 Å². The molecule has 1 aromatic heterocycles. The molecule has 1 amide bonds. The zero-order valence-electron chi connectivity index (χ0n) is 15.7. The fraction of sp³-hybridized carbons (Fsp3) is 0.737. The summed E-state index contributed by atoms with van der Waals surface area (Å²) in [6, 6.07) is 4.16. The molecule has 0 aliphatic carbocycles. The van der Waals surface area contributed by atoms with Gasteiger partial charge in [-0.05, 0) is 25.1 Å². The first-order valence-corrected chi connectivity index (χ1v) is 9.39. The number of fused-ring (bicyclic) bond motifs is 1. The number of hydrogen-bond acceptors (Lipinski definition) is 5. The van der Waals surface area contributed by atoms with Crippen molar-refractivity contribution in [2.75, 3.05) is 53.4 Å². The van der Waals surface area contributed by atoms with Crippen LogP contribution in [0.4, 0.5) is 0 Å². The lowest BCUT2D eigenvalue weighted by Crippen LogP contribution is -2.47. The Balaban J connectivity index is 1.53. The summed E-state index contributed by atoms with van der Waals surface area (Å²) in [5.74, 6) is 2.77. The maximum atomic E-state index is 12.0. The average molecular weight is 349 g/mol. The number of furan rings is 1. The first-order chi connectivity index (χ1) is 12.0. The lowest BCUT2D eigenvalue weighted by atomic mass is 9.93. The van der Waals surface area contributed by atoms with Gasteiger partial charge < -0.3 is 14.1 Å². The van der Waals surface area contributed by atoms with Crippen molar-refractivity contribution < 1.29 is 13.9 Å². The van der Waals surface area contributed by atoms with Crippen LogP contribution in [0.2, 0.25) is 0 Å². The molecule has 3 heterocycles. The number of amides is 1. The highest BCUT2D eigenvalue weighted by atomic mass is 16.5. The van der Waals surface area contributed by atoms with Crippen LogP contribution in [0.15, 0.2) is 16.5 Å². The summed E-state index contributed by atoms with van der Waals surface area (Å²) >= 11 is 0. The van der Waals surface area contributed by atoms with E-state index in [2.05, 4.69) is 28.9 Å². The summed E-state index contributed by atoms with van der Waals surface area (Å²) in [6.45, 7) is 7.97. The van der Waals surface area contributed by atoms with Gasteiger partial charge in [-0.2, -0.15) is 0 Å². The summed E-state index contributed by atoms with van der Waals surface area (Å²) in [6.07, 6.45) is 2.31. The molecule has 3 rings (SSSR count). The van der Waals surface area contributed by atoms with Crippen LogP contribution in [0.5, 0.6) is 0 Å². The second kappa shape index (κ2) is 8.34. The van der Waals surface area contributed by atoms with Crippen molar-refractivity contribution in [1.29, 1.82) is 0 Å². The van der Waals surface area contributed by atoms with Gasteiger partial charge in [0.1, 0.15) is 11.5 Å². The minimum Gasteiger partial charge on any atom is -0.465 e. The molecule has 2 aliphatic rings. The van der Waals surface area contributed by atoms with E-state index in [1.807, 2.05) is 14.1 Å². The van der Waals surface area contributed by atoms with Crippen molar-refractivity contribution in [3.05, 3.63) is 23.7 Å². The zero-order chi connectivity index (χ0) is 17.8.